The Morgan fingerprint density at radius 2 is 2.05 bits per heavy atom. The van der Waals surface area contributed by atoms with Crippen LogP contribution in [0.2, 0.25) is 0 Å². The smallest absolute Gasteiger partial charge is 0.292 e. The van der Waals surface area contributed by atoms with Gasteiger partial charge in [0.25, 0.3) is 5.69 Å². The van der Waals surface area contributed by atoms with E-state index in [-0.39, 0.29) is 10.6 Å². The quantitative estimate of drug-likeness (QED) is 0.667. The minimum atomic E-state index is -0.302. The minimum Gasteiger partial charge on any atom is -0.376 e. The molecule has 1 aliphatic rings. The number of hydrogen-bond acceptors (Lipinski definition) is 4. The highest BCUT2D eigenvalue weighted by atomic mass is 16.6. The van der Waals surface area contributed by atoms with E-state index in [1.807, 2.05) is 13.0 Å². The van der Waals surface area contributed by atoms with Crippen LogP contribution >= 0.6 is 0 Å². The number of nitrogens with one attached hydrogen (secondary N) is 1. The SMILES string of the molecule is Cc1cccc([N+](=O)[O-])c1NC1CCN(CC(C)C)CC1. The van der Waals surface area contributed by atoms with Gasteiger partial charge in [-0.15, -0.1) is 0 Å². The molecular weight excluding hydrogens is 266 g/mol. The van der Waals surface area contributed by atoms with Crippen LogP contribution in [-0.4, -0.2) is 35.5 Å². The molecule has 2 rings (SSSR count). The van der Waals surface area contributed by atoms with Crippen molar-refractivity contribution >= 4 is 11.4 Å². The standard InChI is InChI=1S/C16H25N3O2/c1-12(2)11-18-9-7-14(8-10-18)17-16-13(3)5-4-6-15(16)19(20)21/h4-6,12,14,17H,7-11H2,1-3H3. The van der Waals surface area contributed by atoms with Crippen LogP contribution in [0.3, 0.4) is 0 Å². The Morgan fingerprint density at radius 1 is 1.38 bits per heavy atom. The molecule has 0 saturated carbocycles. The van der Waals surface area contributed by atoms with Gasteiger partial charge in [0.15, 0.2) is 0 Å². The summed E-state index contributed by atoms with van der Waals surface area (Å²) in [7, 11) is 0. The molecule has 1 N–H and O–H groups in total. The molecule has 0 aliphatic carbocycles. The molecule has 0 radical (unpaired) electrons. The number of nitro groups is 1. The second-order valence-electron chi connectivity index (χ2n) is 6.34. The first-order valence-electron chi connectivity index (χ1n) is 7.70. The van der Waals surface area contributed by atoms with E-state index in [9.17, 15) is 10.1 Å². The van der Waals surface area contributed by atoms with E-state index in [0.29, 0.717) is 17.6 Å². The normalized spacial score (nSPS) is 17.1. The number of rotatable bonds is 5. The molecule has 0 atom stereocenters. The number of anilines is 1. The number of benzene rings is 1. The van der Waals surface area contributed by atoms with Gasteiger partial charge in [-0.2, -0.15) is 0 Å². The van der Waals surface area contributed by atoms with Gasteiger partial charge in [0.05, 0.1) is 4.92 Å². The molecule has 1 fully saturated rings. The first kappa shape index (κ1) is 15.8. The highest BCUT2D eigenvalue weighted by Gasteiger charge is 2.23. The molecule has 0 amide bonds. The summed E-state index contributed by atoms with van der Waals surface area (Å²) in [6, 6.07) is 5.56. The van der Waals surface area contributed by atoms with Crippen LogP contribution in [0.5, 0.6) is 0 Å². The lowest BCUT2D eigenvalue weighted by atomic mass is 10.0. The Bertz CT molecular complexity index is 494. The number of hydrogen-bond donors (Lipinski definition) is 1. The summed E-state index contributed by atoms with van der Waals surface area (Å²) in [5.41, 5.74) is 1.80. The third kappa shape index (κ3) is 4.17. The largest absolute Gasteiger partial charge is 0.376 e. The van der Waals surface area contributed by atoms with E-state index >= 15 is 0 Å². The zero-order chi connectivity index (χ0) is 15.4. The van der Waals surface area contributed by atoms with Crippen molar-refractivity contribution in [2.24, 2.45) is 5.92 Å². The van der Waals surface area contributed by atoms with E-state index < -0.39 is 0 Å². The van der Waals surface area contributed by atoms with Crippen LogP contribution in [0, 0.1) is 23.0 Å². The van der Waals surface area contributed by atoms with Gasteiger partial charge in [-0.3, -0.25) is 10.1 Å². The zero-order valence-corrected chi connectivity index (χ0v) is 13.1. The molecule has 1 saturated heterocycles. The lowest BCUT2D eigenvalue weighted by Gasteiger charge is -2.33. The summed E-state index contributed by atoms with van der Waals surface area (Å²) in [6.45, 7) is 9.66. The van der Waals surface area contributed by atoms with Crippen LogP contribution in [0.15, 0.2) is 18.2 Å². The molecule has 0 aromatic heterocycles. The van der Waals surface area contributed by atoms with Crippen molar-refractivity contribution < 1.29 is 4.92 Å². The molecule has 1 aromatic rings. The van der Waals surface area contributed by atoms with Gasteiger partial charge < -0.3 is 10.2 Å². The zero-order valence-electron chi connectivity index (χ0n) is 13.1. The lowest BCUT2D eigenvalue weighted by Crippen LogP contribution is -2.40. The number of likely N-dealkylation sites (tertiary alicyclic amines) is 1. The Balaban J connectivity index is 1.99. The maximum absolute atomic E-state index is 11.1. The molecule has 1 aromatic carbocycles. The average Bonchev–Trinajstić information content (AvgIpc) is 2.42. The Kier molecular flexibility index (Phi) is 5.17. The van der Waals surface area contributed by atoms with E-state index in [4.69, 9.17) is 0 Å². The first-order chi connectivity index (χ1) is 9.97. The van der Waals surface area contributed by atoms with Crippen molar-refractivity contribution in [1.82, 2.24) is 4.90 Å². The van der Waals surface area contributed by atoms with Crippen LogP contribution in [0.4, 0.5) is 11.4 Å². The topological polar surface area (TPSA) is 58.4 Å². The van der Waals surface area contributed by atoms with Crippen molar-refractivity contribution in [3.8, 4) is 0 Å². The Hall–Kier alpha value is -1.62. The summed E-state index contributed by atoms with van der Waals surface area (Å²) in [6.07, 6.45) is 2.08. The second kappa shape index (κ2) is 6.89. The molecule has 1 heterocycles. The van der Waals surface area contributed by atoms with E-state index in [2.05, 4.69) is 24.1 Å². The summed E-state index contributed by atoms with van der Waals surface area (Å²) < 4.78 is 0. The predicted octanol–water partition coefficient (Wildman–Crippen LogP) is 3.44. The maximum atomic E-state index is 11.1. The fraction of sp³-hybridized carbons (Fsp3) is 0.625. The number of piperidine rings is 1. The van der Waals surface area contributed by atoms with Crippen molar-refractivity contribution in [2.45, 2.75) is 39.7 Å². The minimum absolute atomic E-state index is 0.180. The van der Waals surface area contributed by atoms with Gasteiger partial charge >= 0.3 is 0 Å². The van der Waals surface area contributed by atoms with Crippen molar-refractivity contribution in [2.75, 3.05) is 25.0 Å². The van der Waals surface area contributed by atoms with Gasteiger partial charge in [0.1, 0.15) is 5.69 Å². The number of nitro benzene ring substituents is 1. The third-order valence-corrected chi connectivity index (χ3v) is 4.01. The van der Waals surface area contributed by atoms with Crippen LogP contribution in [-0.2, 0) is 0 Å². The van der Waals surface area contributed by atoms with E-state index in [1.165, 1.54) is 0 Å². The highest BCUT2D eigenvalue weighted by molar-refractivity contribution is 5.66. The number of nitrogens with zero attached hydrogens (tertiary/aromatic N) is 2. The fourth-order valence-electron chi connectivity index (χ4n) is 2.97. The summed E-state index contributed by atoms with van der Waals surface area (Å²) >= 11 is 0. The van der Waals surface area contributed by atoms with E-state index in [1.54, 1.807) is 12.1 Å². The van der Waals surface area contributed by atoms with Crippen LogP contribution in [0.1, 0.15) is 32.3 Å². The van der Waals surface area contributed by atoms with Gasteiger partial charge in [0, 0.05) is 31.7 Å². The van der Waals surface area contributed by atoms with Gasteiger partial charge in [-0.05, 0) is 31.2 Å². The van der Waals surface area contributed by atoms with Gasteiger partial charge in [0.2, 0.25) is 0 Å². The monoisotopic (exact) mass is 291 g/mol. The molecular formula is C16H25N3O2. The molecule has 5 nitrogen and oxygen atoms in total. The summed E-state index contributed by atoms with van der Waals surface area (Å²) in [5.74, 6) is 0.687. The third-order valence-electron chi connectivity index (χ3n) is 4.01. The Morgan fingerprint density at radius 3 is 2.62 bits per heavy atom. The molecule has 116 valence electrons. The van der Waals surface area contributed by atoms with E-state index in [0.717, 1.165) is 38.0 Å². The Labute approximate surface area is 126 Å². The van der Waals surface area contributed by atoms with Crippen LogP contribution in [0.25, 0.3) is 0 Å². The molecule has 1 aliphatic heterocycles. The molecule has 0 unspecified atom stereocenters. The van der Waals surface area contributed by atoms with Crippen molar-refractivity contribution in [3.05, 3.63) is 33.9 Å². The molecule has 5 heteroatoms. The van der Waals surface area contributed by atoms with Crippen molar-refractivity contribution in [1.29, 1.82) is 0 Å². The summed E-state index contributed by atoms with van der Waals surface area (Å²) in [4.78, 5) is 13.3. The van der Waals surface area contributed by atoms with Gasteiger partial charge in [-0.1, -0.05) is 26.0 Å². The molecule has 21 heavy (non-hydrogen) atoms. The lowest BCUT2D eigenvalue weighted by molar-refractivity contribution is -0.384. The van der Waals surface area contributed by atoms with Crippen LogP contribution < -0.4 is 5.32 Å². The fourth-order valence-corrected chi connectivity index (χ4v) is 2.97. The number of para-hydroxylation sites is 1. The predicted molar refractivity (Wildman–Crippen MR) is 85.8 cm³/mol. The van der Waals surface area contributed by atoms with Gasteiger partial charge in [-0.25, -0.2) is 0 Å². The molecule has 0 spiro atoms. The average molecular weight is 291 g/mol. The first-order valence-corrected chi connectivity index (χ1v) is 7.70. The number of aryl methyl sites for hydroxylation is 1. The molecule has 0 bridgehead atoms. The summed E-state index contributed by atoms with van der Waals surface area (Å²) in [5, 5.41) is 14.6. The maximum Gasteiger partial charge on any atom is 0.292 e. The highest BCUT2D eigenvalue weighted by Crippen LogP contribution is 2.29. The second-order valence-corrected chi connectivity index (χ2v) is 6.34. The van der Waals surface area contributed by atoms with Crippen molar-refractivity contribution in [3.63, 3.8) is 0 Å².